The van der Waals surface area contributed by atoms with Gasteiger partial charge in [0.05, 0.1) is 7.11 Å². The van der Waals surface area contributed by atoms with Gasteiger partial charge in [-0.05, 0) is 49.1 Å². The summed E-state index contributed by atoms with van der Waals surface area (Å²) in [5.41, 5.74) is 5.75. The van der Waals surface area contributed by atoms with Gasteiger partial charge in [-0.2, -0.15) is 0 Å². The highest BCUT2D eigenvalue weighted by Gasteiger charge is 2.16. The van der Waals surface area contributed by atoms with Crippen molar-refractivity contribution in [2.75, 3.05) is 20.2 Å². The van der Waals surface area contributed by atoms with Gasteiger partial charge in [0.25, 0.3) is 0 Å². The van der Waals surface area contributed by atoms with Crippen LogP contribution >= 0.6 is 0 Å². The average Bonchev–Trinajstić information content (AvgIpc) is 3.11. The molecule has 0 fully saturated rings. The Morgan fingerprint density at radius 2 is 2.19 bits per heavy atom. The SMILES string of the molecule is COC(=O)C1=CC=C(Cn2ccc3c(C4=CCNCC4)ccnc32)CC1. The zero-order valence-corrected chi connectivity index (χ0v) is 15.0. The second kappa shape index (κ2) is 7.30. The predicted molar refractivity (Wildman–Crippen MR) is 103 cm³/mol. The van der Waals surface area contributed by atoms with Gasteiger partial charge in [0.15, 0.2) is 0 Å². The number of carbonyl (C=O) groups excluding carboxylic acids is 1. The molecule has 0 saturated carbocycles. The highest BCUT2D eigenvalue weighted by molar-refractivity contribution is 5.91. The van der Waals surface area contributed by atoms with E-state index in [-0.39, 0.29) is 5.97 Å². The van der Waals surface area contributed by atoms with Crippen LogP contribution in [0, 0.1) is 0 Å². The molecular formula is C21H23N3O2. The van der Waals surface area contributed by atoms with Crippen LogP contribution in [0.25, 0.3) is 16.6 Å². The van der Waals surface area contributed by atoms with Crippen molar-refractivity contribution in [3.05, 3.63) is 59.5 Å². The van der Waals surface area contributed by atoms with E-state index in [0.717, 1.165) is 50.1 Å². The van der Waals surface area contributed by atoms with Crippen LogP contribution in [0.15, 0.2) is 53.9 Å². The molecule has 1 N–H and O–H groups in total. The quantitative estimate of drug-likeness (QED) is 0.861. The Hall–Kier alpha value is -2.66. The third-order valence-corrected chi connectivity index (χ3v) is 5.13. The van der Waals surface area contributed by atoms with Crippen molar-refractivity contribution in [3.63, 3.8) is 0 Å². The lowest BCUT2D eigenvalue weighted by molar-refractivity contribution is -0.136. The van der Waals surface area contributed by atoms with E-state index in [0.29, 0.717) is 0 Å². The molecule has 4 rings (SSSR count). The molecule has 5 nitrogen and oxygen atoms in total. The largest absolute Gasteiger partial charge is 0.466 e. The molecule has 1 aliphatic heterocycles. The van der Waals surface area contributed by atoms with E-state index in [1.165, 1.54) is 29.2 Å². The molecule has 2 aromatic heterocycles. The van der Waals surface area contributed by atoms with Crippen LogP contribution in [-0.4, -0.2) is 35.7 Å². The summed E-state index contributed by atoms with van der Waals surface area (Å²) < 4.78 is 7.00. The minimum absolute atomic E-state index is 0.228. The number of nitrogens with zero attached hydrogens (tertiary/aromatic N) is 2. The van der Waals surface area contributed by atoms with E-state index >= 15 is 0 Å². The smallest absolute Gasteiger partial charge is 0.333 e. The number of hydrogen-bond acceptors (Lipinski definition) is 4. The average molecular weight is 349 g/mol. The summed E-state index contributed by atoms with van der Waals surface area (Å²) in [6, 6.07) is 4.29. The summed E-state index contributed by atoms with van der Waals surface area (Å²) in [7, 11) is 1.43. The number of carbonyl (C=O) groups is 1. The summed E-state index contributed by atoms with van der Waals surface area (Å²) in [6.07, 6.45) is 12.9. The summed E-state index contributed by atoms with van der Waals surface area (Å²) in [5.74, 6) is -0.228. The number of fused-ring (bicyclic) bond motifs is 1. The third-order valence-electron chi connectivity index (χ3n) is 5.13. The van der Waals surface area contributed by atoms with E-state index in [2.05, 4.69) is 39.3 Å². The lowest BCUT2D eigenvalue weighted by Crippen LogP contribution is -2.20. The van der Waals surface area contributed by atoms with Gasteiger partial charge in [0, 0.05) is 36.4 Å². The van der Waals surface area contributed by atoms with Crippen LogP contribution in [0.5, 0.6) is 0 Å². The molecule has 3 heterocycles. The Bertz CT molecular complexity index is 934. The number of hydrogen-bond donors (Lipinski definition) is 1. The van der Waals surface area contributed by atoms with Crippen LogP contribution in [0.4, 0.5) is 0 Å². The number of ether oxygens (including phenoxy) is 1. The molecule has 134 valence electrons. The normalized spacial score (nSPS) is 17.5. The number of methoxy groups -OCH3 is 1. The molecule has 1 aliphatic carbocycles. The number of pyridine rings is 1. The monoisotopic (exact) mass is 349 g/mol. The zero-order valence-electron chi connectivity index (χ0n) is 15.0. The van der Waals surface area contributed by atoms with Crippen molar-refractivity contribution in [1.29, 1.82) is 0 Å². The van der Waals surface area contributed by atoms with E-state index in [1.54, 1.807) is 0 Å². The van der Waals surface area contributed by atoms with Crippen LogP contribution in [0.3, 0.4) is 0 Å². The number of aromatic nitrogens is 2. The van der Waals surface area contributed by atoms with Crippen LogP contribution < -0.4 is 5.32 Å². The predicted octanol–water partition coefficient (Wildman–Crippen LogP) is 3.23. The molecule has 2 aromatic rings. The van der Waals surface area contributed by atoms with Crippen LogP contribution in [0.1, 0.15) is 24.8 Å². The van der Waals surface area contributed by atoms with Crippen molar-refractivity contribution >= 4 is 22.6 Å². The van der Waals surface area contributed by atoms with E-state index in [9.17, 15) is 4.79 Å². The Kier molecular flexibility index (Phi) is 4.71. The maximum absolute atomic E-state index is 11.6. The minimum atomic E-state index is -0.228. The number of nitrogens with one attached hydrogen (secondary N) is 1. The molecule has 0 bridgehead atoms. The van der Waals surface area contributed by atoms with Gasteiger partial charge in [-0.25, -0.2) is 9.78 Å². The van der Waals surface area contributed by atoms with Gasteiger partial charge in [0.2, 0.25) is 0 Å². The standard InChI is InChI=1S/C21H23N3O2/c1-26-21(25)17-4-2-15(3-5-17)14-24-13-9-19-18(8-12-23-20(19)24)16-6-10-22-11-7-16/h2,4,6,8-9,12-13,22H,3,5,7,10-11,14H2,1H3. The van der Waals surface area contributed by atoms with Gasteiger partial charge in [0.1, 0.15) is 5.65 Å². The first kappa shape index (κ1) is 16.8. The van der Waals surface area contributed by atoms with Crippen molar-refractivity contribution < 1.29 is 9.53 Å². The maximum Gasteiger partial charge on any atom is 0.333 e. The molecule has 0 radical (unpaired) electrons. The van der Waals surface area contributed by atoms with E-state index < -0.39 is 0 Å². The van der Waals surface area contributed by atoms with Gasteiger partial charge >= 0.3 is 5.97 Å². The highest BCUT2D eigenvalue weighted by atomic mass is 16.5. The summed E-state index contributed by atoms with van der Waals surface area (Å²) in [4.78, 5) is 16.2. The van der Waals surface area contributed by atoms with Crippen molar-refractivity contribution in [2.24, 2.45) is 0 Å². The summed E-state index contributed by atoms with van der Waals surface area (Å²) in [6.45, 7) is 2.76. The van der Waals surface area contributed by atoms with Gasteiger partial charge < -0.3 is 14.6 Å². The number of allylic oxidation sites excluding steroid dienone is 3. The van der Waals surface area contributed by atoms with Crippen molar-refractivity contribution in [1.82, 2.24) is 14.9 Å². The third kappa shape index (κ3) is 3.22. The molecular weight excluding hydrogens is 326 g/mol. The number of esters is 1. The summed E-state index contributed by atoms with van der Waals surface area (Å²) in [5, 5.41) is 4.58. The fourth-order valence-corrected chi connectivity index (χ4v) is 3.70. The zero-order chi connectivity index (χ0) is 17.9. The van der Waals surface area contributed by atoms with Gasteiger partial charge in [-0.3, -0.25) is 0 Å². The van der Waals surface area contributed by atoms with E-state index in [1.807, 2.05) is 18.3 Å². The molecule has 0 amide bonds. The fraction of sp³-hybridized carbons (Fsp3) is 0.333. The molecule has 0 atom stereocenters. The molecule has 0 saturated heterocycles. The van der Waals surface area contributed by atoms with Crippen molar-refractivity contribution in [2.45, 2.75) is 25.8 Å². The first-order valence-electron chi connectivity index (χ1n) is 9.07. The maximum atomic E-state index is 11.6. The molecule has 5 heteroatoms. The second-order valence-corrected chi connectivity index (χ2v) is 6.73. The van der Waals surface area contributed by atoms with Crippen LogP contribution in [0.2, 0.25) is 0 Å². The Balaban J connectivity index is 1.61. The number of rotatable bonds is 4. The van der Waals surface area contributed by atoms with Crippen LogP contribution in [-0.2, 0) is 16.1 Å². The molecule has 2 aliphatic rings. The molecule has 0 unspecified atom stereocenters. The van der Waals surface area contributed by atoms with Crippen molar-refractivity contribution in [3.8, 4) is 0 Å². The molecule has 0 aromatic carbocycles. The van der Waals surface area contributed by atoms with Gasteiger partial charge in [-0.1, -0.05) is 23.8 Å². The fourth-order valence-electron chi connectivity index (χ4n) is 3.70. The first-order chi connectivity index (χ1) is 12.8. The Morgan fingerprint density at radius 1 is 1.27 bits per heavy atom. The molecule has 26 heavy (non-hydrogen) atoms. The van der Waals surface area contributed by atoms with Gasteiger partial charge in [-0.15, -0.1) is 0 Å². The highest BCUT2D eigenvalue weighted by Crippen LogP contribution is 2.29. The molecule has 0 spiro atoms. The topological polar surface area (TPSA) is 56.1 Å². The second-order valence-electron chi connectivity index (χ2n) is 6.73. The lowest BCUT2D eigenvalue weighted by Gasteiger charge is -2.16. The summed E-state index contributed by atoms with van der Waals surface area (Å²) >= 11 is 0. The Morgan fingerprint density at radius 3 is 2.92 bits per heavy atom. The minimum Gasteiger partial charge on any atom is -0.466 e. The van der Waals surface area contributed by atoms with E-state index in [4.69, 9.17) is 4.74 Å². The lowest BCUT2D eigenvalue weighted by atomic mass is 9.98. The first-order valence-corrected chi connectivity index (χ1v) is 9.07. The Labute approximate surface area is 153 Å².